The summed E-state index contributed by atoms with van der Waals surface area (Å²) in [6.07, 6.45) is 0. The number of aromatic hydroxyl groups is 2. The Labute approximate surface area is 220 Å². The van der Waals surface area contributed by atoms with E-state index >= 15 is 4.39 Å². The monoisotopic (exact) mass is 549 g/mol. The largest absolute Gasteiger partial charge is 0.508 e. The van der Waals surface area contributed by atoms with Crippen molar-refractivity contribution in [3.05, 3.63) is 105 Å². The first kappa shape index (κ1) is 23.7. The fourth-order valence-corrected chi connectivity index (χ4v) is 5.55. The summed E-state index contributed by atoms with van der Waals surface area (Å²) in [4.78, 5) is 37.9. The summed E-state index contributed by atoms with van der Waals surface area (Å²) in [6.45, 7) is 0. The molecule has 12 heteroatoms. The fourth-order valence-electron chi connectivity index (χ4n) is 5.55. The van der Waals surface area contributed by atoms with E-state index in [0.29, 0.717) is 5.56 Å². The fraction of sp³-hybridized carbons (Fsp3) is 0.0357. The summed E-state index contributed by atoms with van der Waals surface area (Å²) in [5.74, 6) is -12.5. The zero-order chi connectivity index (χ0) is 28.2. The van der Waals surface area contributed by atoms with Gasteiger partial charge in [0.05, 0.1) is 22.3 Å². The van der Waals surface area contributed by atoms with Gasteiger partial charge in [0.15, 0.2) is 23.1 Å². The van der Waals surface area contributed by atoms with Gasteiger partial charge in [-0.3, -0.25) is 9.59 Å². The van der Waals surface area contributed by atoms with E-state index in [1.54, 1.807) is 18.2 Å². The van der Waals surface area contributed by atoms with Gasteiger partial charge in [-0.25, -0.2) is 18.0 Å². The predicted molar refractivity (Wildman–Crippen MR) is 125 cm³/mol. The highest BCUT2D eigenvalue weighted by atomic mass is 19.2. The molecule has 7 rings (SSSR count). The van der Waals surface area contributed by atoms with Gasteiger partial charge in [-0.05, 0) is 30.3 Å². The van der Waals surface area contributed by atoms with Crippen LogP contribution in [0.3, 0.4) is 0 Å². The highest BCUT2D eigenvalue weighted by Gasteiger charge is 2.55. The Hall–Kier alpha value is -5.39. The third-order valence-electron chi connectivity index (χ3n) is 7.20. The van der Waals surface area contributed by atoms with Crippen molar-refractivity contribution >= 4 is 17.8 Å². The second-order valence-corrected chi connectivity index (χ2v) is 9.19. The number of hydrogen-bond acceptors (Lipinski definition) is 7. The average molecular weight is 549 g/mol. The Bertz CT molecular complexity index is 1910. The number of carbonyl (C=O) groups excluding carboxylic acids is 3. The van der Waals surface area contributed by atoms with Gasteiger partial charge in [-0.15, -0.1) is 5.12 Å². The van der Waals surface area contributed by atoms with Crippen molar-refractivity contribution in [1.82, 2.24) is 5.12 Å². The number of nitrogens with zero attached hydrogens (tertiary/aromatic N) is 1. The van der Waals surface area contributed by atoms with E-state index in [0.717, 1.165) is 12.1 Å². The molecule has 0 saturated heterocycles. The third kappa shape index (κ3) is 2.66. The van der Waals surface area contributed by atoms with Crippen LogP contribution in [-0.4, -0.2) is 33.1 Å². The molecule has 1 atom stereocenters. The second-order valence-electron chi connectivity index (χ2n) is 9.19. The van der Waals surface area contributed by atoms with Gasteiger partial charge >= 0.3 is 5.97 Å². The summed E-state index contributed by atoms with van der Waals surface area (Å²) in [6, 6.07) is 12.4. The van der Waals surface area contributed by atoms with Gasteiger partial charge in [-0.1, -0.05) is 22.7 Å². The lowest BCUT2D eigenvalue weighted by Crippen LogP contribution is -2.33. The number of imide groups is 1. The third-order valence-corrected chi connectivity index (χ3v) is 7.20. The molecule has 3 aliphatic heterocycles. The van der Waals surface area contributed by atoms with E-state index in [1.165, 1.54) is 24.3 Å². The highest BCUT2D eigenvalue weighted by molar-refractivity contribution is 6.23. The molecule has 1 spiro atoms. The van der Waals surface area contributed by atoms with Gasteiger partial charge < -0.3 is 19.7 Å². The SMILES string of the molecule is O=C1OC2(c3ccc(O)cc3Oc3c2ccc(O)c3-c2c(F)c(F)c(F)c3c2C(=O)N(F)C3=O)c2ccccc21. The number of esters is 1. The van der Waals surface area contributed by atoms with E-state index in [9.17, 15) is 37.9 Å². The first-order chi connectivity index (χ1) is 19.1. The number of fused-ring (bicyclic) bond motifs is 7. The van der Waals surface area contributed by atoms with Gasteiger partial charge in [0.25, 0.3) is 11.8 Å². The molecule has 3 aliphatic rings. The summed E-state index contributed by atoms with van der Waals surface area (Å²) in [5, 5.41) is 20.1. The number of hydrogen-bond donors (Lipinski definition) is 2. The van der Waals surface area contributed by atoms with Gasteiger partial charge in [0.2, 0.25) is 0 Å². The standard InChI is InChI=1S/C28H11F4NO7/c29-21-18(19-20(22(30)23(21)31)26(37)33(32)25(19)36)17-15(35)8-7-14-24(17)39-16-9-10(34)5-6-13(16)28(14)12-4-2-1-3-11(12)27(38)40-28/h1-9,34-35H. The summed E-state index contributed by atoms with van der Waals surface area (Å²) in [5.41, 5.74) is -5.66. The Morgan fingerprint density at radius 1 is 0.725 bits per heavy atom. The van der Waals surface area contributed by atoms with Crippen LogP contribution < -0.4 is 4.74 Å². The number of halogens is 4. The van der Waals surface area contributed by atoms with Crippen LogP contribution in [0.2, 0.25) is 0 Å². The highest BCUT2D eigenvalue weighted by Crippen LogP contribution is 2.60. The lowest BCUT2D eigenvalue weighted by Gasteiger charge is -2.37. The number of benzene rings is 4. The lowest BCUT2D eigenvalue weighted by atomic mass is 9.76. The molecular weight excluding hydrogens is 538 g/mol. The maximum Gasteiger partial charge on any atom is 0.340 e. The number of phenols is 2. The first-order valence-electron chi connectivity index (χ1n) is 11.5. The van der Waals surface area contributed by atoms with Crippen molar-refractivity contribution in [2.75, 3.05) is 0 Å². The molecule has 198 valence electrons. The van der Waals surface area contributed by atoms with Crippen molar-refractivity contribution in [3.63, 3.8) is 0 Å². The van der Waals surface area contributed by atoms with E-state index in [4.69, 9.17) is 9.47 Å². The molecule has 0 aromatic heterocycles. The Morgan fingerprint density at radius 3 is 2.17 bits per heavy atom. The molecule has 8 nitrogen and oxygen atoms in total. The normalized spacial score (nSPS) is 18.3. The Balaban J connectivity index is 1.63. The minimum atomic E-state index is -2.21. The summed E-state index contributed by atoms with van der Waals surface area (Å²) >= 11 is 0. The number of ether oxygens (including phenoxy) is 2. The number of rotatable bonds is 1. The van der Waals surface area contributed by atoms with E-state index in [-0.39, 0.29) is 28.2 Å². The van der Waals surface area contributed by atoms with E-state index < -0.39 is 79.7 Å². The topological polar surface area (TPSA) is 113 Å². The van der Waals surface area contributed by atoms with Crippen LogP contribution in [0.15, 0.2) is 54.6 Å². The van der Waals surface area contributed by atoms with Crippen molar-refractivity contribution in [2.24, 2.45) is 0 Å². The van der Waals surface area contributed by atoms with Crippen LogP contribution in [-0.2, 0) is 10.3 Å². The predicted octanol–water partition coefficient (Wildman–Crippen LogP) is 5.23. The molecule has 0 fully saturated rings. The van der Waals surface area contributed by atoms with Crippen molar-refractivity contribution in [1.29, 1.82) is 0 Å². The number of phenolic OH excluding ortho intramolecular Hbond substituents is 2. The van der Waals surface area contributed by atoms with Gasteiger partial charge in [-0.2, -0.15) is 0 Å². The lowest BCUT2D eigenvalue weighted by molar-refractivity contribution is 0.0217. The molecule has 3 heterocycles. The molecule has 4 aromatic carbocycles. The first-order valence-corrected chi connectivity index (χ1v) is 11.5. The van der Waals surface area contributed by atoms with Crippen LogP contribution >= 0.6 is 0 Å². The molecule has 2 N–H and O–H groups in total. The van der Waals surface area contributed by atoms with E-state index in [1.807, 2.05) is 0 Å². The van der Waals surface area contributed by atoms with Crippen LogP contribution in [0.1, 0.15) is 47.8 Å². The molecule has 40 heavy (non-hydrogen) atoms. The zero-order valence-corrected chi connectivity index (χ0v) is 19.6. The summed E-state index contributed by atoms with van der Waals surface area (Å²) < 4.78 is 71.1. The molecule has 0 saturated carbocycles. The average Bonchev–Trinajstić information content (AvgIpc) is 3.35. The molecule has 1 unspecified atom stereocenters. The van der Waals surface area contributed by atoms with Crippen LogP contribution in [0.5, 0.6) is 23.0 Å². The van der Waals surface area contributed by atoms with Gasteiger partial charge in [0.1, 0.15) is 23.0 Å². The molecule has 4 aromatic rings. The van der Waals surface area contributed by atoms with Gasteiger partial charge in [0, 0.05) is 28.3 Å². The van der Waals surface area contributed by atoms with Crippen LogP contribution in [0, 0.1) is 17.5 Å². The Kier molecular flexibility index (Phi) is 4.50. The Morgan fingerprint density at radius 2 is 1.40 bits per heavy atom. The molecular formula is C28H11F4NO7. The van der Waals surface area contributed by atoms with Crippen molar-refractivity contribution in [3.8, 4) is 34.1 Å². The maximum atomic E-state index is 15.5. The van der Waals surface area contributed by atoms with Crippen molar-refractivity contribution < 1.29 is 51.7 Å². The summed E-state index contributed by atoms with van der Waals surface area (Å²) in [7, 11) is 0. The number of amides is 2. The van der Waals surface area contributed by atoms with E-state index in [2.05, 4.69) is 0 Å². The van der Waals surface area contributed by atoms with Crippen molar-refractivity contribution in [2.45, 2.75) is 5.60 Å². The minimum absolute atomic E-state index is 0.0384. The maximum absolute atomic E-state index is 15.5. The van der Waals surface area contributed by atoms with Crippen LogP contribution in [0.4, 0.5) is 17.7 Å². The smallest absolute Gasteiger partial charge is 0.340 e. The van der Waals surface area contributed by atoms with Crippen LogP contribution in [0.25, 0.3) is 11.1 Å². The quantitative estimate of drug-likeness (QED) is 0.110. The molecule has 0 radical (unpaired) electrons. The molecule has 0 aliphatic carbocycles. The zero-order valence-electron chi connectivity index (χ0n) is 19.6. The second kappa shape index (κ2) is 7.59. The molecule has 0 bridgehead atoms. The number of carbonyl (C=O) groups is 3. The molecule has 2 amide bonds. The minimum Gasteiger partial charge on any atom is -0.508 e.